The molecule has 3 unspecified atom stereocenters. The molecule has 2 rings (SSSR count). The van der Waals surface area contributed by atoms with Gasteiger partial charge < -0.3 is 10.1 Å². The molecular formula is C16H26FN3O. The van der Waals surface area contributed by atoms with Crippen LogP contribution in [0.2, 0.25) is 0 Å². The molecule has 3 atom stereocenters. The van der Waals surface area contributed by atoms with Gasteiger partial charge in [0.1, 0.15) is 5.82 Å². The van der Waals surface area contributed by atoms with Crippen molar-refractivity contribution >= 4 is 0 Å². The number of ether oxygens (including phenoxy) is 1. The Morgan fingerprint density at radius 3 is 2.95 bits per heavy atom. The van der Waals surface area contributed by atoms with E-state index in [0.717, 1.165) is 38.4 Å². The summed E-state index contributed by atoms with van der Waals surface area (Å²) in [5.41, 5.74) is 0.895. The Morgan fingerprint density at radius 2 is 2.33 bits per heavy atom. The minimum absolute atomic E-state index is 0.133. The van der Waals surface area contributed by atoms with E-state index in [2.05, 4.69) is 29.0 Å². The van der Waals surface area contributed by atoms with Gasteiger partial charge in [0.15, 0.2) is 0 Å². The monoisotopic (exact) mass is 295 g/mol. The normalized spacial score (nSPS) is 23.0. The zero-order valence-corrected chi connectivity index (χ0v) is 13.2. The fourth-order valence-corrected chi connectivity index (χ4v) is 3.00. The summed E-state index contributed by atoms with van der Waals surface area (Å²) in [5.74, 6) is 0.101. The van der Waals surface area contributed by atoms with E-state index < -0.39 is 0 Å². The average molecular weight is 295 g/mol. The summed E-state index contributed by atoms with van der Waals surface area (Å²) < 4.78 is 18.7. The first-order valence-electron chi connectivity index (χ1n) is 7.76. The Balaban J connectivity index is 1.96. The largest absolute Gasteiger partial charge is 0.376 e. The minimum Gasteiger partial charge on any atom is -0.376 e. The summed E-state index contributed by atoms with van der Waals surface area (Å²) in [4.78, 5) is 6.67. The number of halogens is 1. The smallest absolute Gasteiger partial charge is 0.141 e. The average Bonchev–Trinajstić information content (AvgIpc) is 2.50. The van der Waals surface area contributed by atoms with Gasteiger partial charge in [0, 0.05) is 19.6 Å². The van der Waals surface area contributed by atoms with Crippen molar-refractivity contribution in [2.75, 3.05) is 33.3 Å². The van der Waals surface area contributed by atoms with Gasteiger partial charge in [0.25, 0.3) is 0 Å². The van der Waals surface area contributed by atoms with E-state index in [1.165, 1.54) is 12.3 Å². The van der Waals surface area contributed by atoms with Crippen molar-refractivity contribution in [3.8, 4) is 0 Å². The van der Waals surface area contributed by atoms with Crippen molar-refractivity contribution in [1.82, 2.24) is 15.2 Å². The van der Waals surface area contributed by atoms with Crippen molar-refractivity contribution in [2.24, 2.45) is 5.92 Å². The second-order valence-corrected chi connectivity index (χ2v) is 5.81. The molecule has 0 amide bonds. The van der Waals surface area contributed by atoms with Crippen LogP contribution in [0.4, 0.5) is 4.39 Å². The molecule has 0 aromatic carbocycles. The molecule has 0 radical (unpaired) electrons. The van der Waals surface area contributed by atoms with Gasteiger partial charge in [-0.2, -0.15) is 0 Å². The van der Waals surface area contributed by atoms with Gasteiger partial charge in [-0.3, -0.25) is 9.88 Å². The van der Waals surface area contributed by atoms with E-state index in [9.17, 15) is 4.39 Å². The lowest BCUT2D eigenvalue weighted by Gasteiger charge is -2.35. The van der Waals surface area contributed by atoms with Crippen molar-refractivity contribution in [3.63, 3.8) is 0 Å². The summed E-state index contributed by atoms with van der Waals surface area (Å²) in [6.07, 6.45) is 2.69. The zero-order valence-electron chi connectivity index (χ0n) is 13.2. The van der Waals surface area contributed by atoms with Gasteiger partial charge in [0.2, 0.25) is 0 Å². The predicted molar refractivity (Wildman–Crippen MR) is 81.6 cm³/mol. The number of hydrogen-bond acceptors (Lipinski definition) is 4. The molecule has 1 fully saturated rings. The lowest BCUT2D eigenvalue weighted by atomic mass is 9.97. The van der Waals surface area contributed by atoms with Crippen LogP contribution in [0.1, 0.15) is 32.0 Å². The minimum atomic E-state index is -0.291. The highest BCUT2D eigenvalue weighted by Crippen LogP contribution is 2.22. The van der Waals surface area contributed by atoms with Crippen LogP contribution in [-0.4, -0.2) is 49.3 Å². The van der Waals surface area contributed by atoms with Crippen molar-refractivity contribution in [2.45, 2.75) is 32.4 Å². The maximum Gasteiger partial charge on any atom is 0.141 e. The molecule has 0 spiro atoms. The van der Waals surface area contributed by atoms with Crippen molar-refractivity contribution < 1.29 is 9.13 Å². The molecule has 0 saturated carbocycles. The number of hydrogen-bond donors (Lipinski definition) is 1. The van der Waals surface area contributed by atoms with Crippen LogP contribution in [0.5, 0.6) is 0 Å². The van der Waals surface area contributed by atoms with Gasteiger partial charge in [-0.1, -0.05) is 13.8 Å². The van der Waals surface area contributed by atoms with Gasteiger partial charge in [-0.05, 0) is 31.5 Å². The summed E-state index contributed by atoms with van der Waals surface area (Å²) in [6.45, 7) is 8.15. The third-order valence-corrected chi connectivity index (χ3v) is 4.17. The molecule has 0 aliphatic carbocycles. The second-order valence-electron chi connectivity index (χ2n) is 5.81. The molecule has 2 heterocycles. The van der Waals surface area contributed by atoms with Crippen molar-refractivity contribution in [1.29, 1.82) is 0 Å². The number of nitrogens with zero attached hydrogens (tertiary/aromatic N) is 2. The Hall–Kier alpha value is -1.04. The van der Waals surface area contributed by atoms with Crippen LogP contribution in [-0.2, 0) is 4.74 Å². The van der Waals surface area contributed by atoms with E-state index in [1.54, 1.807) is 6.07 Å². The third kappa shape index (κ3) is 4.46. The van der Waals surface area contributed by atoms with Crippen LogP contribution in [0, 0.1) is 11.7 Å². The molecule has 4 nitrogen and oxygen atoms in total. The summed E-state index contributed by atoms with van der Waals surface area (Å²) in [5, 5.41) is 3.31. The van der Waals surface area contributed by atoms with Crippen LogP contribution >= 0.6 is 0 Å². The van der Waals surface area contributed by atoms with Crippen molar-refractivity contribution in [3.05, 3.63) is 29.8 Å². The quantitative estimate of drug-likeness (QED) is 0.873. The molecule has 1 saturated heterocycles. The van der Waals surface area contributed by atoms with E-state index in [-0.39, 0.29) is 11.9 Å². The van der Waals surface area contributed by atoms with E-state index in [0.29, 0.717) is 12.0 Å². The Labute approximate surface area is 126 Å². The third-order valence-electron chi connectivity index (χ3n) is 4.17. The first-order chi connectivity index (χ1) is 10.1. The molecule has 1 aromatic heterocycles. The number of aromatic nitrogens is 1. The fourth-order valence-electron chi connectivity index (χ4n) is 3.00. The second kappa shape index (κ2) is 7.82. The van der Waals surface area contributed by atoms with E-state index in [4.69, 9.17) is 4.74 Å². The lowest BCUT2D eigenvalue weighted by molar-refractivity contribution is -0.0347. The SMILES string of the molecule is CCC1CN(CC(C)C(NC)c2ccc(F)cn2)CCO1. The molecule has 5 heteroatoms. The maximum absolute atomic E-state index is 13.0. The van der Waals surface area contributed by atoms with E-state index >= 15 is 0 Å². The Bertz CT molecular complexity index is 426. The standard InChI is InChI=1S/C16H26FN3O/c1-4-14-11-20(7-8-21-14)10-12(2)16(18-3)15-6-5-13(17)9-19-15/h5-6,9,12,14,16,18H,4,7-8,10-11H2,1-3H3. The van der Waals surface area contributed by atoms with Gasteiger partial charge in [0.05, 0.1) is 30.6 Å². The first-order valence-corrected chi connectivity index (χ1v) is 7.76. The highest BCUT2D eigenvalue weighted by atomic mass is 19.1. The summed E-state index contributed by atoms with van der Waals surface area (Å²) >= 11 is 0. The molecule has 1 N–H and O–H groups in total. The maximum atomic E-state index is 13.0. The molecule has 21 heavy (non-hydrogen) atoms. The fraction of sp³-hybridized carbons (Fsp3) is 0.688. The van der Waals surface area contributed by atoms with Gasteiger partial charge >= 0.3 is 0 Å². The molecule has 1 aliphatic heterocycles. The number of rotatable bonds is 6. The first kappa shape index (κ1) is 16.3. The highest BCUT2D eigenvalue weighted by molar-refractivity contribution is 5.11. The summed E-state index contributed by atoms with van der Waals surface area (Å²) in [7, 11) is 1.93. The number of morpholine rings is 1. The summed E-state index contributed by atoms with van der Waals surface area (Å²) in [6, 6.07) is 3.37. The van der Waals surface area contributed by atoms with Crippen LogP contribution in [0.15, 0.2) is 18.3 Å². The topological polar surface area (TPSA) is 37.4 Å². The van der Waals surface area contributed by atoms with Gasteiger partial charge in [-0.25, -0.2) is 4.39 Å². The van der Waals surface area contributed by atoms with Crippen LogP contribution in [0.3, 0.4) is 0 Å². The van der Waals surface area contributed by atoms with Crippen LogP contribution < -0.4 is 5.32 Å². The molecular weight excluding hydrogens is 269 g/mol. The highest BCUT2D eigenvalue weighted by Gasteiger charge is 2.25. The molecule has 1 aromatic rings. The predicted octanol–water partition coefficient (Wildman–Crippen LogP) is 2.23. The molecule has 118 valence electrons. The molecule has 1 aliphatic rings. The Kier molecular flexibility index (Phi) is 6.08. The number of nitrogens with one attached hydrogen (secondary N) is 1. The van der Waals surface area contributed by atoms with Gasteiger partial charge in [-0.15, -0.1) is 0 Å². The van der Waals surface area contributed by atoms with Crippen LogP contribution in [0.25, 0.3) is 0 Å². The Morgan fingerprint density at radius 1 is 1.52 bits per heavy atom. The number of pyridine rings is 1. The lowest BCUT2D eigenvalue weighted by Crippen LogP contribution is -2.45. The van der Waals surface area contributed by atoms with E-state index in [1.807, 2.05) is 7.05 Å². The molecule has 0 bridgehead atoms. The zero-order chi connectivity index (χ0) is 15.2.